The van der Waals surface area contributed by atoms with Gasteiger partial charge >= 0.3 is 0 Å². The number of hydrogen-bond acceptors (Lipinski definition) is 3. The molecule has 0 radical (unpaired) electrons. The molecule has 0 saturated carbocycles. The largest absolute Gasteiger partial charge is 0.339 e. The van der Waals surface area contributed by atoms with E-state index in [-0.39, 0.29) is 5.91 Å². The van der Waals surface area contributed by atoms with Gasteiger partial charge in [-0.1, -0.05) is 0 Å². The molecule has 0 unspecified atom stereocenters. The Labute approximate surface area is 142 Å². The predicted molar refractivity (Wildman–Crippen MR) is 93.3 cm³/mol. The van der Waals surface area contributed by atoms with E-state index in [4.69, 9.17) is 0 Å². The lowest BCUT2D eigenvalue weighted by Gasteiger charge is -2.21. The van der Waals surface area contributed by atoms with E-state index in [1.807, 2.05) is 46.8 Å². The molecule has 0 bridgehead atoms. The fourth-order valence-electron chi connectivity index (χ4n) is 3.99. The predicted octanol–water partition coefficient (Wildman–Crippen LogP) is 2.25. The molecule has 0 aliphatic carbocycles. The second kappa shape index (κ2) is 6.40. The fourth-order valence-corrected chi connectivity index (χ4v) is 3.99. The quantitative estimate of drug-likeness (QED) is 0.922. The van der Waals surface area contributed by atoms with Gasteiger partial charge in [-0.25, -0.2) is 4.68 Å². The van der Waals surface area contributed by atoms with Crippen molar-refractivity contribution in [1.82, 2.24) is 20.0 Å². The van der Waals surface area contributed by atoms with Crippen LogP contribution in [0.4, 0.5) is 0 Å². The first-order chi connectivity index (χ1) is 11.7. The van der Waals surface area contributed by atoms with E-state index >= 15 is 0 Å². The van der Waals surface area contributed by atoms with Gasteiger partial charge in [-0.3, -0.25) is 4.79 Å². The molecule has 126 valence electrons. The monoisotopic (exact) mass is 324 g/mol. The van der Waals surface area contributed by atoms with Gasteiger partial charge in [0.05, 0.1) is 5.69 Å². The summed E-state index contributed by atoms with van der Waals surface area (Å²) in [7, 11) is 0. The molecule has 3 heterocycles. The first-order valence-corrected chi connectivity index (χ1v) is 8.83. The van der Waals surface area contributed by atoms with Crippen LogP contribution in [-0.4, -0.2) is 46.8 Å². The number of aromatic nitrogens is 2. The van der Waals surface area contributed by atoms with Crippen molar-refractivity contribution in [3.63, 3.8) is 0 Å². The number of hydrogen-bond donors (Lipinski definition) is 1. The van der Waals surface area contributed by atoms with E-state index < -0.39 is 0 Å². The molecule has 24 heavy (non-hydrogen) atoms. The average Bonchev–Trinajstić information content (AvgIpc) is 3.19. The molecule has 4 rings (SSSR count). The van der Waals surface area contributed by atoms with E-state index in [1.165, 1.54) is 0 Å². The van der Waals surface area contributed by atoms with E-state index in [0.29, 0.717) is 0 Å². The van der Waals surface area contributed by atoms with Crippen molar-refractivity contribution < 1.29 is 4.79 Å². The molecular weight excluding hydrogens is 300 g/mol. The van der Waals surface area contributed by atoms with Crippen molar-refractivity contribution in [3.05, 3.63) is 47.8 Å². The molecular formula is C19H24N4O. The minimum atomic E-state index is 0.159. The molecule has 1 aromatic heterocycles. The SMILES string of the molecule is Cc1ccnn1-c1ccc(C(=O)N2CC[C@@H]3CNC[C@@H]3CC2)cc1. The van der Waals surface area contributed by atoms with E-state index in [0.717, 1.165) is 67.8 Å². The Kier molecular flexibility index (Phi) is 4.10. The highest BCUT2D eigenvalue weighted by Crippen LogP contribution is 2.27. The van der Waals surface area contributed by atoms with Crippen molar-refractivity contribution in [2.75, 3.05) is 26.2 Å². The summed E-state index contributed by atoms with van der Waals surface area (Å²) in [6.07, 6.45) is 4.03. The first kappa shape index (κ1) is 15.4. The standard InChI is InChI=1S/C19H24N4O/c1-14-6-9-21-23(14)18-4-2-15(3-5-18)19(24)22-10-7-16-12-20-13-17(16)8-11-22/h2-6,9,16-17,20H,7-8,10-13H2,1H3/t16-,17+. The lowest BCUT2D eigenvalue weighted by molar-refractivity contribution is 0.0758. The molecule has 2 aliphatic heterocycles. The molecule has 0 spiro atoms. The molecule has 2 aliphatic rings. The summed E-state index contributed by atoms with van der Waals surface area (Å²) in [6, 6.07) is 9.77. The summed E-state index contributed by atoms with van der Waals surface area (Å²) in [4.78, 5) is 14.9. The van der Waals surface area contributed by atoms with Gasteiger partial charge in [0.15, 0.2) is 0 Å². The Bertz CT molecular complexity index is 707. The van der Waals surface area contributed by atoms with Crippen LogP contribution in [0.2, 0.25) is 0 Å². The maximum Gasteiger partial charge on any atom is 0.253 e. The number of amides is 1. The van der Waals surface area contributed by atoms with Crippen LogP contribution < -0.4 is 5.32 Å². The van der Waals surface area contributed by atoms with Gasteiger partial charge in [0.25, 0.3) is 5.91 Å². The average molecular weight is 324 g/mol. The molecule has 5 nitrogen and oxygen atoms in total. The summed E-state index contributed by atoms with van der Waals surface area (Å²) >= 11 is 0. The first-order valence-electron chi connectivity index (χ1n) is 8.83. The number of carbonyl (C=O) groups is 1. The minimum Gasteiger partial charge on any atom is -0.339 e. The molecule has 2 saturated heterocycles. The number of fused-ring (bicyclic) bond motifs is 1. The Morgan fingerprint density at radius 1 is 1.08 bits per heavy atom. The highest BCUT2D eigenvalue weighted by Gasteiger charge is 2.31. The lowest BCUT2D eigenvalue weighted by atomic mass is 9.92. The third-order valence-electron chi connectivity index (χ3n) is 5.50. The maximum atomic E-state index is 12.8. The van der Waals surface area contributed by atoms with E-state index in [9.17, 15) is 4.79 Å². The van der Waals surface area contributed by atoms with Crippen LogP contribution in [0.25, 0.3) is 5.69 Å². The maximum absolute atomic E-state index is 12.8. The van der Waals surface area contributed by atoms with Crippen molar-refractivity contribution in [2.24, 2.45) is 11.8 Å². The van der Waals surface area contributed by atoms with E-state index in [1.54, 1.807) is 6.20 Å². The Morgan fingerprint density at radius 3 is 2.33 bits per heavy atom. The van der Waals surface area contributed by atoms with Gasteiger partial charge in [-0.15, -0.1) is 0 Å². The summed E-state index contributed by atoms with van der Waals surface area (Å²) in [5.74, 6) is 1.65. The minimum absolute atomic E-state index is 0.159. The molecule has 1 aromatic carbocycles. The highest BCUT2D eigenvalue weighted by atomic mass is 16.2. The molecule has 5 heteroatoms. The molecule has 2 fully saturated rings. The lowest BCUT2D eigenvalue weighted by Crippen LogP contribution is -2.32. The van der Waals surface area contributed by atoms with Gasteiger partial charge in [0.2, 0.25) is 0 Å². The highest BCUT2D eigenvalue weighted by molar-refractivity contribution is 5.94. The second-order valence-corrected chi connectivity index (χ2v) is 6.98. The molecule has 2 atom stereocenters. The van der Waals surface area contributed by atoms with Crippen LogP contribution in [0.15, 0.2) is 36.5 Å². The van der Waals surface area contributed by atoms with Gasteiger partial charge in [-0.2, -0.15) is 5.10 Å². The van der Waals surface area contributed by atoms with E-state index in [2.05, 4.69) is 10.4 Å². The van der Waals surface area contributed by atoms with Gasteiger partial charge in [-0.05, 0) is 75.0 Å². The van der Waals surface area contributed by atoms with Crippen LogP contribution in [0, 0.1) is 18.8 Å². The smallest absolute Gasteiger partial charge is 0.253 e. The summed E-state index contributed by atoms with van der Waals surface area (Å²) in [6.45, 7) is 6.01. The van der Waals surface area contributed by atoms with Crippen LogP contribution in [0.1, 0.15) is 28.9 Å². The third kappa shape index (κ3) is 2.84. The van der Waals surface area contributed by atoms with Crippen molar-refractivity contribution >= 4 is 5.91 Å². The van der Waals surface area contributed by atoms with Crippen LogP contribution in [0.5, 0.6) is 0 Å². The van der Waals surface area contributed by atoms with Crippen molar-refractivity contribution in [1.29, 1.82) is 0 Å². The number of likely N-dealkylation sites (tertiary alicyclic amines) is 1. The second-order valence-electron chi connectivity index (χ2n) is 6.98. The Hall–Kier alpha value is -2.14. The zero-order valence-electron chi connectivity index (χ0n) is 14.1. The number of aryl methyl sites for hydroxylation is 1. The summed E-state index contributed by atoms with van der Waals surface area (Å²) < 4.78 is 1.88. The number of benzene rings is 1. The van der Waals surface area contributed by atoms with Crippen LogP contribution in [0.3, 0.4) is 0 Å². The molecule has 1 amide bonds. The van der Waals surface area contributed by atoms with Gasteiger partial charge in [0, 0.05) is 30.5 Å². The zero-order valence-corrected chi connectivity index (χ0v) is 14.1. The van der Waals surface area contributed by atoms with Crippen molar-refractivity contribution in [2.45, 2.75) is 19.8 Å². The topological polar surface area (TPSA) is 50.2 Å². The zero-order chi connectivity index (χ0) is 16.5. The molecule has 2 aromatic rings. The summed E-state index contributed by atoms with van der Waals surface area (Å²) in [5.41, 5.74) is 2.85. The molecule has 1 N–H and O–H groups in total. The Morgan fingerprint density at radius 2 is 1.75 bits per heavy atom. The number of carbonyl (C=O) groups excluding carboxylic acids is 1. The number of nitrogens with one attached hydrogen (secondary N) is 1. The number of nitrogens with zero attached hydrogens (tertiary/aromatic N) is 3. The summed E-state index contributed by atoms with van der Waals surface area (Å²) in [5, 5.41) is 7.79. The normalized spacial score (nSPS) is 23.8. The van der Waals surface area contributed by atoms with Gasteiger partial charge < -0.3 is 10.2 Å². The fraction of sp³-hybridized carbons (Fsp3) is 0.474. The van der Waals surface area contributed by atoms with Crippen molar-refractivity contribution in [3.8, 4) is 5.69 Å². The van der Waals surface area contributed by atoms with Crippen LogP contribution in [-0.2, 0) is 0 Å². The number of rotatable bonds is 2. The van der Waals surface area contributed by atoms with Crippen LogP contribution >= 0.6 is 0 Å². The Balaban J connectivity index is 1.47. The third-order valence-corrected chi connectivity index (χ3v) is 5.50. The van der Waals surface area contributed by atoms with Gasteiger partial charge in [0.1, 0.15) is 0 Å².